The van der Waals surface area contributed by atoms with E-state index in [1.165, 1.54) is 0 Å². The SMILES string of the molecule is CCNc1cc(C)ccc1C(=O)NC(C)CC(C)CC. The molecule has 0 saturated heterocycles. The molecule has 3 nitrogen and oxygen atoms in total. The third-order valence-electron chi connectivity index (χ3n) is 3.62. The predicted octanol–water partition coefficient (Wildman–Crippen LogP) is 3.98. The van der Waals surface area contributed by atoms with Crippen molar-refractivity contribution in [3.05, 3.63) is 29.3 Å². The number of carbonyl (C=O) groups excluding carboxylic acids is 1. The van der Waals surface area contributed by atoms with Crippen LogP contribution in [0.3, 0.4) is 0 Å². The molecule has 0 aromatic heterocycles. The summed E-state index contributed by atoms with van der Waals surface area (Å²) in [5, 5.41) is 6.36. The molecule has 0 bridgehead atoms. The minimum atomic E-state index is 0.0109. The van der Waals surface area contributed by atoms with E-state index in [4.69, 9.17) is 0 Å². The first kappa shape index (κ1) is 16.5. The Morgan fingerprint density at radius 1 is 1.25 bits per heavy atom. The van der Waals surface area contributed by atoms with Crippen LogP contribution in [0.15, 0.2) is 18.2 Å². The highest BCUT2D eigenvalue weighted by Gasteiger charge is 2.15. The summed E-state index contributed by atoms with van der Waals surface area (Å²) in [5.74, 6) is 0.647. The zero-order valence-corrected chi connectivity index (χ0v) is 13.4. The summed E-state index contributed by atoms with van der Waals surface area (Å²) in [7, 11) is 0. The number of anilines is 1. The quantitative estimate of drug-likeness (QED) is 0.791. The van der Waals surface area contributed by atoms with Crippen molar-refractivity contribution in [2.24, 2.45) is 5.92 Å². The van der Waals surface area contributed by atoms with Gasteiger partial charge in [-0.2, -0.15) is 0 Å². The Labute approximate surface area is 123 Å². The Bertz CT molecular complexity index is 443. The minimum Gasteiger partial charge on any atom is -0.385 e. The molecule has 1 rings (SSSR count). The highest BCUT2D eigenvalue weighted by atomic mass is 16.1. The first-order valence-corrected chi connectivity index (χ1v) is 7.63. The van der Waals surface area contributed by atoms with Gasteiger partial charge in [-0.05, 0) is 50.8 Å². The third-order valence-corrected chi connectivity index (χ3v) is 3.62. The molecule has 2 atom stereocenters. The third kappa shape index (κ3) is 4.87. The van der Waals surface area contributed by atoms with Crippen LogP contribution in [0.5, 0.6) is 0 Å². The van der Waals surface area contributed by atoms with E-state index in [2.05, 4.69) is 31.4 Å². The normalized spacial score (nSPS) is 13.7. The summed E-state index contributed by atoms with van der Waals surface area (Å²) in [6.07, 6.45) is 2.16. The Kier molecular flexibility index (Phi) is 6.56. The van der Waals surface area contributed by atoms with Gasteiger partial charge in [0.1, 0.15) is 0 Å². The number of benzene rings is 1. The van der Waals surface area contributed by atoms with Gasteiger partial charge >= 0.3 is 0 Å². The van der Waals surface area contributed by atoms with Crippen molar-refractivity contribution in [2.45, 2.75) is 53.5 Å². The lowest BCUT2D eigenvalue weighted by molar-refractivity contribution is 0.0936. The molecule has 2 N–H and O–H groups in total. The molecule has 0 radical (unpaired) electrons. The number of aryl methyl sites for hydroxylation is 1. The highest BCUT2D eigenvalue weighted by molar-refractivity contribution is 5.99. The van der Waals surface area contributed by atoms with Crippen LogP contribution in [-0.2, 0) is 0 Å². The first-order valence-electron chi connectivity index (χ1n) is 7.63. The van der Waals surface area contributed by atoms with Gasteiger partial charge in [0, 0.05) is 18.3 Å². The fraction of sp³-hybridized carbons (Fsp3) is 0.588. The van der Waals surface area contributed by atoms with Crippen molar-refractivity contribution in [2.75, 3.05) is 11.9 Å². The topological polar surface area (TPSA) is 41.1 Å². The van der Waals surface area contributed by atoms with Crippen molar-refractivity contribution >= 4 is 11.6 Å². The number of amides is 1. The number of rotatable bonds is 7. The molecule has 2 unspecified atom stereocenters. The maximum Gasteiger partial charge on any atom is 0.253 e. The summed E-state index contributed by atoms with van der Waals surface area (Å²) in [5.41, 5.74) is 2.80. The van der Waals surface area contributed by atoms with E-state index >= 15 is 0 Å². The van der Waals surface area contributed by atoms with E-state index in [-0.39, 0.29) is 11.9 Å². The molecule has 0 spiro atoms. The van der Waals surface area contributed by atoms with Crippen LogP contribution in [0.2, 0.25) is 0 Å². The van der Waals surface area contributed by atoms with Crippen molar-refractivity contribution in [3.63, 3.8) is 0 Å². The summed E-state index contributed by atoms with van der Waals surface area (Å²) in [6.45, 7) is 11.4. The molecule has 0 aliphatic rings. The van der Waals surface area contributed by atoms with Crippen LogP contribution in [0, 0.1) is 12.8 Å². The number of carbonyl (C=O) groups is 1. The maximum absolute atomic E-state index is 12.4. The number of hydrogen-bond acceptors (Lipinski definition) is 2. The van der Waals surface area contributed by atoms with E-state index in [1.54, 1.807) is 0 Å². The average Bonchev–Trinajstić information content (AvgIpc) is 2.38. The molecule has 0 saturated carbocycles. The lowest BCUT2D eigenvalue weighted by Crippen LogP contribution is -2.34. The molecule has 0 heterocycles. The molecule has 0 aliphatic carbocycles. The number of hydrogen-bond donors (Lipinski definition) is 2. The van der Waals surface area contributed by atoms with Crippen molar-refractivity contribution < 1.29 is 4.79 Å². The number of nitrogens with one attached hydrogen (secondary N) is 2. The monoisotopic (exact) mass is 276 g/mol. The van der Waals surface area contributed by atoms with Crippen molar-refractivity contribution in [1.29, 1.82) is 0 Å². The van der Waals surface area contributed by atoms with E-state index in [0.29, 0.717) is 5.92 Å². The summed E-state index contributed by atoms with van der Waals surface area (Å²) < 4.78 is 0. The molecule has 1 aromatic rings. The molecule has 1 amide bonds. The van der Waals surface area contributed by atoms with Gasteiger partial charge in [0.15, 0.2) is 0 Å². The fourth-order valence-corrected chi connectivity index (χ4v) is 2.32. The van der Waals surface area contributed by atoms with Gasteiger partial charge in [0.25, 0.3) is 5.91 Å². The summed E-state index contributed by atoms with van der Waals surface area (Å²) >= 11 is 0. The van der Waals surface area contributed by atoms with Crippen LogP contribution in [-0.4, -0.2) is 18.5 Å². The molecule has 3 heteroatoms. The van der Waals surface area contributed by atoms with Crippen molar-refractivity contribution in [3.8, 4) is 0 Å². The van der Waals surface area contributed by atoms with Gasteiger partial charge in [0.05, 0.1) is 5.56 Å². The Hall–Kier alpha value is -1.51. The van der Waals surface area contributed by atoms with Gasteiger partial charge in [-0.15, -0.1) is 0 Å². The standard InChI is InChI=1S/C17H28N2O/c1-6-12(3)10-14(5)19-17(20)15-9-8-13(4)11-16(15)18-7-2/h8-9,11-12,14,18H,6-7,10H2,1-5H3,(H,19,20). The maximum atomic E-state index is 12.4. The molecular formula is C17H28N2O. The van der Waals surface area contributed by atoms with Gasteiger partial charge in [0.2, 0.25) is 0 Å². The lowest BCUT2D eigenvalue weighted by atomic mass is 10.00. The molecule has 0 fully saturated rings. The molecule has 1 aromatic carbocycles. The average molecular weight is 276 g/mol. The summed E-state index contributed by atoms with van der Waals surface area (Å²) in [4.78, 5) is 12.4. The van der Waals surface area contributed by atoms with Gasteiger partial charge in [-0.3, -0.25) is 4.79 Å². The van der Waals surface area contributed by atoms with Gasteiger partial charge in [-0.25, -0.2) is 0 Å². The van der Waals surface area contributed by atoms with Crippen LogP contribution in [0.25, 0.3) is 0 Å². The Morgan fingerprint density at radius 2 is 1.95 bits per heavy atom. The first-order chi connectivity index (χ1) is 9.47. The zero-order valence-electron chi connectivity index (χ0n) is 13.4. The van der Waals surface area contributed by atoms with Crippen LogP contribution in [0.1, 0.15) is 56.5 Å². The van der Waals surface area contributed by atoms with E-state index < -0.39 is 0 Å². The van der Waals surface area contributed by atoms with E-state index in [0.717, 1.165) is 36.2 Å². The Morgan fingerprint density at radius 3 is 2.55 bits per heavy atom. The fourth-order valence-electron chi connectivity index (χ4n) is 2.32. The van der Waals surface area contributed by atoms with Crippen LogP contribution >= 0.6 is 0 Å². The largest absolute Gasteiger partial charge is 0.385 e. The second kappa shape index (κ2) is 7.93. The Balaban J connectivity index is 2.76. The van der Waals surface area contributed by atoms with Crippen LogP contribution < -0.4 is 10.6 Å². The molecule has 20 heavy (non-hydrogen) atoms. The summed E-state index contributed by atoms with van der Waals surface area (Å²) in [6, 6.07) is 6.11. The minimum absolute atomic E-state index is 0.0109. The molecule has 112 valence electrons. The second-order valence-corrected chi connectivity index (χ2v) is 5.70. The highest BCUT2D eigenvalue weighted by Crippen LogP contribution is 2.18. The second-order valence-electron chi connectivity index (χ2n) is 5.70. The molecular weight excluding hydrogens is 248 g/mol. The zero-order chi connectivity index (χ0) is 15.1. The van der Waals surface area contributed by atoms with Crippen LogP contribution in [0.4, 0.5) is 5.69 Å². The van der Waals surface area contributed by atoms with E-state index in [1.807, 2.05) is 32.0 Å². The van der Waals surface area contributed by atoms with E-state index in [9.17, 15) is 4.79 Å². The molecule has 0 aliphatic heterocycles. The van der Waals surface area contributed by atoms with Gasteiger partial charge < -0.3 is 10.6 Å². The predicted molar refractivity (Wildman–Crippen MR) is 86.3 cm³/mol. The van der Waals surface area contributed by atoms with Gasteiger partial charge in [-0.1, -0.05) is 26.3 Å². The lowest BCUT2D eigenvalue weighted by Gasteiger charge is -2.19. The smallest absolute Gasteiger partial charge is 0.253 e. The van der Waals surface area contributed by atoms with Crippen molar-refractivity contribution in [1.82, 2.24) is 5.32 Å².